The van der Waals surface area contributed by atoms with E-state index >= 15 is 0 Å². The van der Waals surface area contributed by atoms with Gasteiger partial charge >= 0.3 is 0 Å². The minimum Gasteiger partial charge on any atom is -0.243 e. The SMILES string of the molecule is Cc1cccc(N2N=NCC2C)c1. The van der Waals surface area contributed by atoms with Crippen molar-refractivity contribution in [1.29, 1.82) is 0 Å². The highest BCUT2D eigenvalue weighted by atomic mass is 15.6. The predicted octanol–water partition coefficient (Wildman–Crippen LogP) is 2.57. The molecule has 1 atom stereocenters. The maximum absolute atomic E-state index is 4.09. The Labute approximate surface area is 78.1 Å². The summed E-state index contributed by atoms with van der Waals surface area (Å²) in [5.41, 5.74) is 2.39. The number of hydrogen-bond acceptors (Lipinski definition) is 3. The average molecular weight is 175 g/mol. The van der Waals surface area contributed by atoms with Crippen molar-refractivity contribution in [3.05, 3.63) is 29.8 Å². The van der Waals surface area contributed by atoms with Gasteiger partial charge in [-0.3, -0.25) is 0 Å². The summed E-state index contributed by atoms with van der Waals surface area (Å²) in [4.78, 5) is 0. The summed E-state index contributed by atoms with van der Waals surface area (Å²) in [6.45, 7) is 5.01. The Hall–Kier alpha value is -1.38. The van der Waals surface area contributed by atoms with Gasteiger partial charge in [-0.2, -0.15) is 5.11 Å². The zero-order chi connectivity index (χ0) is 9.26. The van der Waals surface area contributed by atoms with Crippen LogP contribution >= 0.6 is 0 Å². The highest BCUT2D eigenvalue weighted by molar-refractivity contribution is 5.48. The van der Waals surface area contributed by atoms with Crippen molar-refractivity contribution < 1.29 is 0 Å². The van der Waals surface area contributed by atoms with Gasteiger partial charge in [0.15, 0.2) is 0 Å². The van der Waals surface area contributed by atoms with Gasteiger partial charge in [-0.15, -0.1) is 0 Å². The lowest BCUT2D eigenvalue weighted by Crippen LogP contribution is -2.24. The molecule has 1 heterocycles. The van der Waals surface area contributed by atoms with Crippen molar-refractivity contribution in [2.24, 2.45) is 10.3 Å². The van der Waals surface area contributed by atoms with Crippen molar-refractivity contribution >= 4 is 5.69 Å². The van der Waals surface area contributed by atoms with Crippen LogP contribution in [0.4, 0.5) is 5.69 Å². The minimum absolute atomic E-state index is 0.391. The first-order valence-corrected chi connectivity index (χ1v) is 4.50. The standard InChI is InChI=1S/C10H13N3/c1-8-4-3-5-10(6-8)13-9(2)7-11-12-13/h3-6,9H,7H2,1-2H3. The number of hydrogen-bond donors (Lipinski definition) is 0. The Morgan fingerprint density at radius 3 is 2.92 bits per heavy atom. The van der Waals surface area contributed by atoms with E-state index in [4.69, 9.17) is 0 Å². The third-order valence-electron chi connectivity index (χ3n) is 2.19. The second-order valence-corrected chi connectivity index (χ2v) is 3.45. The molecule has 1 aromatic rings. The molecule has 0 aliphatic carbocycles. The molecule has 68 valence electrons. The van der Waals surface area contributed by atoms with Gasteiger partial charge in [0.25, 0.3) is 0 Å². The number of rotatable bonds is 1. The van der Waals surface area contributed by atoms with E-state index in [-0.39, 0.29) is 0 Å². The molecular weight excluding hydrogens is 162 g/mol. The third kappa shape index (κ3) is 1.54. The zero-order valence-corrected chi connectivity index (χ0v) is 7.94. The van der Waals surface area contributed by atoms with Crippen molar-refractivity contribution in [3.8, 4) is 0 Å². The molecule has 1 unspecified atom stereocenters. The summed E-state index contributed by atoms with van der Waals surface area (Å²) in [5.74, 6) is 0. The summed E-state index contributed by atoms with van der Waals surface area (Å²) in [5, 5.41) is 10.1. The second kappa shape index (κ2) is 3.17. The van der Waals surface area contributed by atoms with E-state index in [1.54, 1.807) is 0 Å². The van der Waals surface area contributed by atoms with Crippen LogP contribution in [0.2, 0.25) is 0 Å². The fraction of sp³-hybridized carbons (Fsp3) is 0.400. The van der Waals surface area contributed by atoms with E-state index in [1.807, 2.05) is 11.1 Å². The van der Waals surface area contributed by atoms with Gasteiger partial charge < -0.3 is 0 Å². The van der Waals surface area contributed by atoms with E-state index in [9.17, 15) is 0 Å². The van der Waals surface area contributed by atoms with Crippen LogP contribution in [-0.2, 0) is 0 Å². The Morgan fingerprint density at radius 1 is 1.46 bits per heavy atom. The van der Waals surface area contributed by atoms with Crippen LogP contribution in [0.5, 0.6) is 0 Å². The molecule has 1 aliphatic heterocycles. The first kappa shape index (κ1) is 8.23. The molecule has 0 bridgehead atoms. The van der Waals surface area contributed by atoms with Crippen LogP contribution < -0.4 is 5.01 Å². The summed E-state index contributed by atoms with van der Waals surface area (Å²) < 4.78 is 0. The maximum atomic E-state index is 4.09. The molecule has 1 aliphatic rings. The first-order chi connectivity index (χ1) is 6.27. The van der Waals surface area contributed by atoms with Crippen molar-refractivity contribution in [1.82, 2.24) is 0 Å². The van der Waals surface area contributed by atoms with E-state index < -0.39 is 0 Å². The Kier molecular flexibility index (Phi) is 2.00. The largest absolute Gasteiger partial charge is 0.243 e. The van der Waals surface area contributed by atoms with Crippen molar-refractivity contribution in [2.75, 3.05) is 11.6 Å². The lowest BCUT2D eigenvalue weighted by molar-refractivity contribution is 0.746. The van der Waals surface area contributed by atoms with Crippen LogP contribution in [0, 0.1) is 6.92 Å². The van der Waals surface area contributed by atoms with Gasteiger partial charge in [0, 0.05) is 0 Å². The van der Waals surface area contributed by atoms with E-state index in [0.717, 1.165) is 12.2 Å². The molecule has 3 nitrogen and oxygen atoms in total. The quantitative estimate of drug-likeness (QED) is 0.644. The smallest absolute Gasteiger partial charge is 0.0843 e. The Morgan fingerprint density at radius 2 is 2.31 bits per heavy atom. The van der Waals surface area contributed by atoms with Gasteiger partial charge in [0.1, 0.15) is 0 Å². The van der Waals surface area contributed by atoms with Gasteiger partial charge in [-0.25, -0.2) is 5.01 Å². The molecular formula is C10H13N3. The number of anilines is 1. The molecule has 13 heavy (non-hydrogen) atoms. The van der Waals surface area contributed by atoms with Gasteiger partial charge in [-0.05, 0) is 31.5 Å². The van der Waals surface area contributed by atoms with E-state index in [1.165, 1.54) is 5.56 Å². The Bertz CT molecular complexity index is 333. The monoisotopic (exact) mass is 175 g/mol. The average Bonchev–Trinajstić information content (AvgIpc) is 2.51. The second-order valence-electron chi connectivity index (χ2n) is 3.45. The molecule has 0 radical (unpaired) electrons. The van der Waals surface area contributed by atoms with Crippen LogP contribution in [0.1, 0.15) is 12.5 Å². The molecule has 3 heteroatoms. The van der Waals surface area contributed by atoms with E-state index in [2.05, 4.69) is 42.4 Å². The zero-order valence-electron chi connectivity index (χ0n) is 7.94. The highest BCUT2D eigenvalue weighted by Gasteiger charge is 2.18. The van der Waals surface area contributed by atoms with Crippen LogP contribution in [0.25, 0.3) is 0 Å². The van der Waals surface area contributed by atoms with E-state index in [0.29, 0.717) is 6.04 Å². The maximum Gasteiger partial charge on any atom is 0.0843 e. The van der Waals surface area contributed by atoms with Gasteiger partial charge in [-0.1, -0.05) is 17.4 Å². The number of aryl methyl sites for hydroxylation is 1. The molecule has 0 spiro atoms. The molecule has 0 saturated heterocycles. The molecule has 0 saturated carbocycles. The van der Waals surface area contributed by atoms with Crippen LogP contribution in [-0.4, -0.2) is 12.6 Å². The third-order valence-corrected chi connectivity index (χ3v) is 2.19. The summed E-state index contributed by atoms with van der Waals surface area (Å²) in [7, 11) is 0. The first-order valence-electron chi connectivity index (χ1n) is 4.50. The molecule has 0 amide bonds. The summed E-state index contributed by atoms with van der Waals surface area (Å²) in [6.07, 6.45) is 0. The van der Waals surface area contributed by atoms with Gasteiger partial charge in [0.05, 0.1) is 18.3 Å². The lowest BCUT2D eigenvalue weighted by atomic mass is 10.2. The van der Waals surface area contributed by atoms with Crippen LogP contribution in [0.3, 0.4) is 0 Å². The number of nitrogens with zero attached hydrogens (tertiary/aromatic N) is 3. The van der Waals surface area contributed by atoms with Crippen molar-refractivity contribution in [2.45, 2.75) is 19.9 Å². The van der Waals surface area contributed by atoms with Crippen LogP contribution in [0.15, 0.2) is 34.6 Å². The number of benzene rings is 1. The fourth-order valence-electron chi connectivity index (χ4n) is 1.46. The molecule has 0 N–H and O–H groups in total. The topological polar surface area (TPSA) is 28.0 Å². The molecule has 2 rings (SSSR count). The predicted molar refractivity (Wildman–Crippen MR) is 52.8 cm³/mol. The molecule has 1 aromatic carbocycles. The van der Waals surface area contributed by atoms with Gasteiger partial charge in [0.2, 0.25) is 0 Å². The summed E-state index contributed by atoms with van der Waals surface area (Å²) in [6, 6.07) is 8.71. The summed E-state index contributed by atoms with van der Waals surface area (Å²) >= 11 is 0. The minimum atomic E-state index is 0.391. The highest BCUT2D eigenvalue weighted by Crippen LogP contribution is 2.22. The Balaban J connectivity index is 2.29. The van der Waals surface area contributed by atoms with Crippen molar-refractivity contribution in [3.63, 3.8) is 0 Å². The molecule has 0 fully saturated rings. The normalized spacial score (nSPS) is 21.1. The lowest BCUT2D eigenvalue weighted by Gasteiger charge is -2.18. The fourth-order valence-corrected chi connectivity index (χ4v) is 1.46. The molecule has 0 aromatic heterocycles.